The number of hydrogen-bond acceptors (Lipinski definition) is 7. The van der Waals surface area contributed by atoms with E-state index in [0.29, 0.717) is 17.7 Å². The molecule has 1 aromatic heterocycles. The number of fused-ring (bicyclic) bond motifs is 1. The van der Waals surface area contributed by atoms with E-state index >= 15 is 0 Å². The standard InChI is InChI=1S/C21H27F2N7O2/c1-5-6-16(11(2)24)27-20-15(22)10-14(18(25)31)19(28-20)26-12-7-8-17-13(9-12)21(32-4)29-30(17,3)23/h7-11,16H,5-6,24H2,1-4H3,(H3-,25,26,27,28,31)/p+1/t11-,16+,30?/m0/s1. The number of rotatable bonds is 8. The lowest BCUT2D eigenvalue weighted by Crippen LogP contribution is -2.38. The monoisotopic (exact) mass is 448 g/mol. The van der Waals surface area contributed by atoms with Crippen LogP contribution >= 0.6 is 0 Å². The minimum absolute atomic E-state index is 0.0488. The van der Waals surface area contributed by atoms with E-state index in [1.165, 1.54) is 20.2 Å². The number of carbonyl (C=O) groups is 1. The highest BCUT2D eigenvalue weighted by Gasteiger charge is 2.40. The second kappa shape index (κ2) is 9.05. The third-order valence-electron chi connectivity index (χ3n) is 5.20. The van der Waals surface area contributed by atoms with Crippen molar-refractivity contribution in [1.29, 1.82) is 0 Å². The number of quaternary nitrogens is 1. The molecule has 0 saturated carbocycles. The number of amides is 1. The predicted molar refractivity (Wildman–Crippen MR) is 121 cm³/mol. The summed E-state index contributed by atoms with van der Waals surface area (Å²) >= 11 is 0. The van der Waals surface area contributed by atoms with Crippen LogP contribution in [0.25, 0.3) is 0 Å². The molecule has 0 fully saturated rings. The van der Waals surface area contributed by atoms with Crippen LogP contribution in [0.5, 0.6) is 0 Å². The summed E-state index contributed by atoms with van der Waals surface area (Å²) in [5.74, 6) is -1.46. The number of aromatic nitrogens is 1. The van der Waals surface area contributed by atoms with Crippen LogP contribution in [0.1, 0.15) is 42.6 Å². The van der Waals surface area contributed by atoms with Gasteiger partial charge in [0.25, 0.3) is 11.8 Å². The molecule has 1 aromatic carbocycles. The Morgan fingerprint density at radius 3 is 2.62 bits per heavy atom. The average Bonchev–Trinajstić information content (AvgIpc) is 2.99. The molecule has 11 heteroatoms. The van der Waals surface area contributed by atoms with Gasteiger partial charge in [-0.25, -0.2) is 9.37 Å². The van der Waals surface area contributed by atoms with Gasteiger partial charge in [-0.1, -0.05) is 13.3 Å². The van der Waals surface area contributed by atoms with Crippen molar-refractivity contribution in [2.24, 2.45) is 16.6 Å². The van der Waals surface area contributed by atoms with E-state index in [2.05, 4.69) is 20.7 Å². The van der Waals surface area contributed by atoms with Crippen molar-refractivity contribution >= 4 is 34.8 Å². The summed E-state index contributed by atoms with van der Waals surface area (Å²) < 4.78 is 34.5. The van der Waals surface area contributed by atoms with Crippen molar-refractivity contribution in [2.75, 3.05) is 24.8 Å². The minimum Gasteiger partial charge on any atom is -0.477 e. The first-order valence-corrected chi connectivity index (χ1v) is 10.2. The highest BCUT2D eigenvalue weighted by Crippen LogP contribution is 2.37. The molecule has 0 bridgehead atoms. The smallest absolute Gasteiger partial charge is 0.285 e. The van der Waals surface area contributed by atoms with E-state index < -0.39 is 16.5 Å². The highest BCUT2D eigenvalue weighted by molar-refractivity contribution is 6.03. The lowest BCUT2D eigenvalue weighted by molar-refractivity contribution is 0.0734. The molecule has 0 spiro atoms. The zero-order valence-electron chi connectivity index (χ0n) is 18.4. The summed E-state index contributed by atoms with van der Waals surface area (Å²) in [5.41, 5.74) is 12.5. The summed E-state index contributed by atoms with van der Waals surface area (Å²) in [6.07, 6.45) is 1.55. The number of halogens is 2. The van der Waals surface area contributed by atoms with E-state index in [1.807, 2.05) is 13.8 Å². The summed E-state index contributed by atoms with van der Waals surface area (Å²) in [7, 11) is 2.66. The van der Waals surface area contributed by atoms with E-state index in [0.717, 1.165) is 12.5 Å². The van der Waals surface area contributed by atoms with Crippen molar-refractivity contribution < 1.29 is 18.4 Å². The lowest BCUT2D eigenvalue weighted by Gasteiger charge is -2.23. The maximum atomic E-state index is 14.7. The third-order valence-corrected chi connectivity index (χ3v) is 5.20. The van der Waals surface area contributed by atoms with Gasteiger partial charge in [0, 0.05) is 38.2 Å². The molecule has 0 saturated heterocycles. The largest absolute Gasteiger partial charge is 0.477 e. The van der Waals surface area contributed by atoms with Gasteiger partial charge in [-0.2, -0.15) is 0 Å². The number of nitrogens with two attached hydrogens (primary N) is 2. The van der Waals surface area contributed by atoms with Crippen molar-refractivity contribution in [3.63, 3.8) is 0 Å². The van der Waals surface area contributed by atoms with Crippen LogP contribution in [0, 0.1) is 5.82 Å². The number of nitrogens with one attached hydrogen (secondary N) is 2. The van der Waals surface area contributed by atoms with Gasteiger partial charge < -0.3 is 26.8 Å². The predicted octanol–water partition coefficient (Wildman–Crippen LogP) is 3.13. The number of ether oxygens (including phenoxy) is 1. The van der Waals surface area contributed by atoms with Crippen LogP contribution in [-0.4, -0.2) is 43.0 Å². The summed E-state index contributed by atoms with van der Waals surface area (Å²) in [6, 6.07) is 5.29. The Kier molecular flexibility index (Phi) is 6.60. The van der Waals surface area contributed by atoms with Gasteiger partial charge in [-0.05, 0) is 31.5 Å². The first-order valence-electron chi connectivity index (χ1n) is 10.2. The number of hydrogen-bond donors (Lipinski definition) is 4. The quantitative estimate of drug-likeness (QED) is 0.460. The zero-order chi connectivity index (χ0) is 23.6. The Balaban J connectivity index is 1.99. The number of anilines is 3. The van der Waals surface area contributed by atoms with Crippen LogP contribution < -0.4 is 26.9 Å². The number of carbonyl (C=O) groups excluding carboxylic acids is 1. The van der Waals surface area contributed by atoms with Crippen LogP contribution in [-0.2, 0) is 4.74 Å². The molecule has 0 aliphatic carbocycles. The molecule has 2 aromatic rings. The molecule has 3 atom stereocenters. The van der Waals surface area contributed by atoms with E-state index in [9.17, 15) is 13.7 Å². The Morgan fingerprint density at radius 1 is 1.31 bits per heavy atom. The summed E-state index contributed by atoms with van der Waals surface area (Å²) in [6.45, 7) is 3.81. The topological polar surface area (TPSA) is 128 Å². The SMILES string of the molecule is CCC[C@@H](Nc1nc(Nc2ccc3c(c2)C(OC)=N[N+]3(C)F)c(C(N)=O)cc1F)[C@H](C)N. The fraction of sp³-hybridized carbons (Fsp3) is 0.381. The lowest BCUT2D eigenvalue weighted by atomic mass is 10.1. The Labute approximate surface area is 185 Å². The molecule has 1 aliphatic rings. The number of primary amides is 1. The Hall–Kier alpha value is -3.31. The van der Waals surface area contributed by atoms with Gasteiger partial charge in [0.15, 0.2) is 11.6 Å². The van der Waals surface area contributed by atoms with Crippen LogP contribution in [0.2, 0.25) is 0 Å². The average molecular weight is 448 g/mol. The molecule has 9 nitrogen and oxygen atoms in total. The van der Waals surface area contributed by atoms with E-state index in [4.69, 9.17) is 16.2 Å². The molecular formula is C21H28F2N7O2+. The maximum Gasteiger partial charge on any atom is 0.285 e. The molecule has 6 N–H and O–H groups in total. The van der Waals surface area contributed by atoms with Crippen molar-refractivity contribution in [3.05, 3.63) is 41.2 Å². The minimum atomic E-state index is -1.20. The van der Waals surface area contributed by atoms with Gasteiger partial charge in [-0.15, -0.1) is 0 Å². The van der Waals surface area contributed by atoms with E-state index in [-0.39, 0.29) is 40.9 Å². The second-order valence-electron chi connectivity index (χ2n) is 7.80. The van der Waals surface area contributed by atoms with Crippen LogP contribution in [0.15, 0.2) is 29.4 Å². The van der Waals surface area contributed by atoms with Gasteiger partial charge in [0.05, 0.1) is 12.7 Å². The normalized spacial score (nSPS) is 19.0. The number of nitrogens with zero attached hydrogens (tertiary/aromatic N) is 3. The Morgan fingerprint density at radius 2 is 2.03 bits per heavy atom. The molecule has 1 aliphatic heterocycles. The fourth-order valence-corrected chi connectivity index (χ4v) is 3.53. The van der Waals surface area contributed by atoms with Crippen LogP contribution in [0.4, 0.5) is 31.9 Å². The number of pyridine rings is 1. The molecule has 0 radical (unpaired) electrons. The van der Waals surface area contributed by atoms with Crippen molar-refractivity contribution in [2.45, 2.75) is 38.8 Å². The summed E-state index contributed by atoms with van der Waals surface area (Å²) in [4.78, 5) is 15.0. The first-order chi connectivity index (χ1) is 15.1. The molecular weight excluding hydrogens is 420 g/mol. The van der Waals surface area contributed by atoms with Gasteiger partial charge in [0.1, 0.15) is 18.4 Å². The Bertz CT molecular complexity index is 1060. The molecule has 2 heterocycles. The second-order valence-corrected chi connectivity index (χ2v) is 7.80. The molecule has 1 amide bonds. The van der Waals surface area contributed by atoms with Gasteiger partial charge in [0.2, 0.25) is 5.69 Å². The van der Waals surface area contributed by atoms with Crippen LogP contribution in [0.3, 0.4) is 0 Å². The summed E-state index contributed by atoms with van der Waals surface area (Å²) in [5, 5.41) is 9.85. The number of methoxy groups -OCH3 is 1. The first kappa shape index (κ1) is 23.4. The third kappa shape index (κ3) is 4.63. The fourth-order valence-electron chi connectivity index (χ4n) is 3.53. The molecule has 3 rings (SSSR count). The van der Waals surface area contributed by atoms with Gasteiger partial charge in [-0.3, -0.25) is 4.79 Å². The molecule has 172 valence electrons. The highest BCUT2D eigenvalue weighted by atomic mass is 19.2. The molecule has 1 unspecified atom stereocenters. The zero-order valence-corrected chi connectivity index (χ0v) is 18.4. The number of benzene rings is 1. The van der Waals surface area contributed by atoms with Crippen molar-refractivity contribution in [1.82, 2.24) is 9.80 Å². The van der Waals surface area contributed by atoms with Crippen molar-refractivity contribution in [3.8, 4) is 0 Å². The van der Waals surface area contributed by atoms with E-state index in [1.54, 1.807) is 12.1 Å². The van der Waals surface area contributed by atoms with Gasteiger partial charge >= 0.3 is 0 Å². The molecule has 32 heavy (non-hydrogen) atoms. The maximum absolute atomic E-state index is 14.7.